The third kappa shape index (κ3) is 4.19. The summed E-state index contributed by atoms with van der Waals surface area (Å²) < 4.78 is 41.3. The van der Waals surface area contributed by atoms with Crippen LogP contribution in [0.5, 0.6) is 0 Å². The van der Waals surface area contributed by atoms with Gasteiger partial charge in [0, 0.05) is 25.9 Å². The van der Waals surface area contributed by atoms with Gasteiger partial charge in [0.1, 0.15) is 24.4 Å². The van der Waals surface area contributed by atoms with Gasteiger partial charge in [0.15, 0.2) is 18.4 Å². The molecule has 150 valence electrons. The number of rotatable bonds is 7. The van der Waals surface area contributed by atoms with Gasteiger partial charge in [0.2, 0.25) is 0 Å². The largest absolute Gasteiger partial charge is 0.385 e. The first-order chi connectivity index (χ1) is 13.1. The van der Waals surface area contributed by atoms with E-state index in [1.807, 2.05) is 44.2 Å². The van der Waals surface area contributed by atoms with Crippen LogP contribution in [0.1, 0.15) is 32.1 Å². The minimum atomic E-state index is -0.684. The van der Waals surface area contributed by atoms with E-state index in [0.717, 1.165) is 12.0 Å². The van der Waals surface area contributed by atoms with Gasteiger partial charge in [-0.15, -0.1) is 0 Å². The van der Waals surface area contributed by atoms with E-state index < -0.39 is 18.4 Å². The molecule has 0 bridgehead atoms. The minimum absolute atomic E-state index is 0.266. The topological polar surface area (TPSA) is 64.6 Å². The number of hydrogen-bond acceptors (Lipinski definition) is 7. The second-order valence-electron chi connectivity index (χ2n) is 7.51. The summed E-state index contributed by atoms with van der Waals surface area (Å²) in [5, 5.41) is 0. The summed E-state index contributed by atoms with van der Waals surface area (Å²) in [6.07, 6.45) is -1.23. The fourth-order valence-electron chi connectivity index (χ4n) is 3.78. The van der Waals surface area contributed by atoms with E-state index in [4.69, 9.17) is 33.2 Å². The van der Waals surface area contributed by atoms with Gasteiger partial charge in [-0.25, -0.2) is 0 Å². The smallest absolute Gasteiger partial charge is 0.190 e. The van der Waals surface area contributed by atoms with Crippen LogP contribution in [0.4, 0.5) is 0 Å². The van der Waals surface area contributed by atoms with E-state index in [-0.39, 0.29) is 24.4 Å². The van der Waals surface area contributed by atoms with Crippen molar-refractivity contribution in [1.29, 1.82) is 0 Å². The minimum Gasteiger partial charge on any atom is -0.385 e. The summed E-state index contributed by atoms with van der Waals surface area (Å²) in [6, 6.07) is 9.89. The Morgan fingerprint density at radius 1 is 0.926 bits per heavy atom. The molecule has 0 aromatic heterocycles. The quantitative estimate of drug-likeness (QED) is 0.673. The number of hydrogen-bond donors (Lipinski definition) is 0. The van der Waals surface area contributed by atoms with E-state index in [1.54, 1.807) is 7.11 Å². The highest BCUT2D eigenvalue weighted by molar-refractivity contribution is 5.17. The predicted molar refractivity (Wildman–Crippen MR) is 94.9 cm³/mol. The van der Waals surface area contributed by atoms with Crippen molar-refractivity contribution in [2.45, 2.75) is 63.1 Å². The first-order valence-corrected chi connectivity index (χ1v) is 9.51. The molecule has 7 heteroatoms. The van der Waals surface area contributed by atoms with Crippen LogP contribution in [0.25, 0.3) is 0 Å². The predicted octanol–water partition coefficient (Wildman–Crippen LogP) is 2.40. The van der Waals surface area contributed by atoms with Crippen LogP contribution in [0, 0.1) is 0 Å². The molecule has 3 saturated heterocycles. The summed E-state index contributed by atoms with van der Waals surface area (Å²) in [4.78, 5) is 0. The number of fused-ring (bicyclic) bond motifs is 3. The Morgan fingerprint density at radius 2 is 1.74 bits per heavy atom. The highest BCUT2D eigenvalue weighted by Crippen LogP contribution is 2.44. The lowest BCUT2D eigenvalue weighted by atomic mass is 10.0. The number of benzene rings is 1. The first kappa shape index (κ1) is 19.3. The van der Waals surface area contributed by atoms with Crippen molar-refractivity contribution in [3.63, 3.8) is 0 Å². The van der Waals surface area contributed by atoms with Crippen molar-refractivity contribution in [3.05, 3.63) is 35.9 Å². The summed E-state index contributed by atoms with van der Waals surface area (Å²) >= 11 is 0. The average Bonchev–Trinajstić information content (AvgIpc) is 3.14. The van der Waals surface area contributed by atoms with Gasteiger partial charge in [-0.1, -0.05) is 30.3 Å². The van der Waals surface area contributed by atoms with Crippen LogP contribution in [0.15, 0.2) is 30.3 Å². The third-order valence-corrected chi connectivity index (χ3v) is 4.96. The van der Waals surface area contributed by atoms with Crippen molar-refractivity contribution in [2.24, 2.45) is 0 Å². The maximum absolute atomic E-state index is 6.25. The number of ether oxygens (including phenoxy) is 7. The average molecular weight is 380 g/mol. The molecule has 27 heavy (non-hydrogen) atoms. The molecule has 3 heterocycles. The molecule has 0 amide bonds. The van der Waals surface area contributed by atoms with Crippen molar-refractivity contribution in [2.75, 3.05) is 26.9 Å². The number of methoxy groups -OCH3 is 1. The molecule has 4 rings (SSSR count). The highest BCUT2D eigenvalue weighted by Gasteiger charge is 2.60. The van der Waals surface area contributed by atoms with Crippen molar-refractivity contribution in [1.82, 2.24) is 0 Å². The Kier molecular flexibility index (Phi) is 5.80. The fourth-order valence-corrected chi connectivity index (χ4v) is 3.78. The molecular weight excluding hydrogens is 352 g/mol. The molecule has 0 aliphatic carbocycles. The molecule has 1 aromatic rings. The Bertz CT molecular complexity index is 608. The van der Waals surface area contributed by atoms with E-state index in [2.05, 4.69) is 0 Å². The Hall–Kier alpha value is -1.06. The summed E-state index contributed by atoms with van der Waals surface area (Å²) in [6.45, 7) is 5.46. The molecule has 1 aromatic carbocycles. The van der Waals surface area contributed by atoms with Gasteiger partial charge in [-0.2, -0.15) is 0 Å². The molecule has 0 spiro atoms. The van der Waals surface area contributed by atoms with Crippen LogP contribution in [0.2, 0.25) is 0 Å². The standard InChI is InChI=1S/C20H28O7/c1-20(2)26-17-16-15(24-19(17)27-20)14(12-22-11-7-10-21-3)23-18(25-16)13-8-5-4-6-9-13/h4-6,8-9,14-19H,7,10-12H2,1-3H3/t14?,15-,16?,17?,18?,19-/m1/s1. The second-order valence-corrected chi connectivity index (χ2v) is 7.51. The zero-order valence-electron chi connectivity index (χ0n) is 16.0. The highest BCUT2D eigenvalue weighted by atomic mass is 16.9. The van der Waals surface area contributed by atoms with Gasteiger partial charge in [-0.05, 0) is 20.3 Å². The van der Waals surface area contributed by atoms with Gasteiger partial charge < -0.3 is 33.2 Å². The Balaban J connectivity index is 1.47. The normalized spacial score (nSPS) is 37.1. The van der Waals surface area contributed by atoms with Crippen LogP contribution >= 0.6 is 0 Å². The molecule has 0 radical (unpaired) electrons. The Morgan fingerprint density at radius 3 is 2.52 bits per heavy atom. The molecule has 6 atom stereocenters. The van der Waals surface area contributed by atoms with Crippen LogP contribution in [-0.2, 0) is 33.2 Å². The van der Waals surface area contributed by atoms with Crippen LogP contribution < -0.4 is 0 Å². The maximum Gasteiger partial charge on any atom is 0.190 e. The fraction of sp³-hybridized carbons (Fsp3) is 0.700. The second kappa shape index (κ2) is 8.13. The molecular formula is C20H28O7. The van der Waals surface area contributed by atoms with Gasteiger partial charge >= 0.3 is 0 Å². The summed E-state index contributed by atoms with van der Waals surface area (Å²) in [5.41, 5.74) is 0.960. The third-order valence-electron chi connectivity index (χ3n) is 4.96. The summed E-state index contributed by atoms with van der Waals surface area (Å²) in [7, 11) is 1.68. The van der Waals surface area contributed by atoms with E-state index in [1.165, 1.54) is 0 Å². The van der Waals surface area contributed by atoms with Gasteiger partial charge in [0.05, 0.1) is 6.61 Å². The molecule has 3 fully saturated rings. The zero-order valence-corrected chi connectivity index (χ0v) is 16.0. The van der Waals surface area contributed by atoms with Crippen molar-refractivity contribution < 1.29 is 33.2 Å². The lowest BCUT2D eigenvalue weighted by Crippen LogP contribution is -2.51. The lowest BCUT2D eigenvalue weighted by Gasteiger charge is -2.39. The molecule has 3 aliphatic heterocycles. The summed E-state index contributed by atoms with van der Waals surface area (Å²) in [5.74, 6) is -0.684. The zero-order chi connectivity index (χ0) is 18.9. The van der Waals surface area contributed by atoms with Crippen molar-refractivity contribution in [3.8, 4) is 0 Å². The van der Waals surface area contributed by atoms with E-state index in [0.29, 0.717) is 19.8 Å². The van der Waals surface area contributed by atoms with Gasteiger partial charge in [0.25, 0.3) is 0 Å². The Labute approximate surface area is 159 Å². The van der Waals surface area contributed by atoms with Gasteiger partial charge in [-0.3, -0.25) is 0 Å². The SMILES string of the molecule is COCCCOCC1OC(c2ccccc2)OC2C3OC(C)(C)O[C@H]3O[C@H]12. The monoisotopic (exact) mass is 380 g/mol. The van der Waals surface area contributed by atoms with E-state index in [9.17, 15) is 0 Å². The van der Waals surface area contributed by atoms with Crippen LogP contribution in [-0.4, -0.2) is 63.4 Å². The van der Waals surface area contributed by atoms with E-state index >= 15 is 0 Å². The maximum atomic E-state index is 6.25. The molecule has 7 nitrogen and oxygen atoms in total. The lowest BCUT2D eigenvalue weighted by molar-refractivity contribution is -0.315. The molecule has 0 N–H and O–H groups in total. The van der Waals surface area contributed by atoms with Crippen molar-refractivity contribution >= 4 is 0 Å². The first-order valence-electron chi connectivity index (χ1n) is 9.51. The molecule has 4 unspecified atom stereocenters. The molecule has 3 aliphatic rings. The van der Waals surface area contributed by atoms with Crippen LogP contribution in [0.3, 0.4) is 0 Å². The molecule has 0 saturated carbocycles.